The molecule has 0 N–H and O–H groups in total. The molecule has 1 heterocycles. The van der Waals surface area contributed by atoms with E-state index in [1.165, 1.54) is 0 Å². The highest BCUT2D eigenvalue weighted by Crippen LogP contribution is 2.55. The molecule has 0 atom stereocenters. The van der Waals surface area contributed by atoms with Gasteiger partial charge < -0.3 is 14.4 Å². The van der Waals surface area contributed by atoms with E-state index < -0.39 is 27.1 Å². The Morgan fingerprint density at radius 1 is 0.867 bits per heavy atom. The molecule has 0 saturated heterocycles. The van der Waals surface area contributed by atoms with Crippen molar-refractivity contribution < 1.29 is 28.9 Å². The normalized spacial score (nSPS) is 19.3. The number of rotatable bonds is 8. The van der Waals surface area contributed by atoms with Crippen LogP contribution in [-0.2, 0) is 9.59 Å². The Kier molecular flexibility index (Phi) is 8.28. The molecule has 238 valence electrons. The quantitative estimate of drug-likeness (QED) is 0.207. The molecule has 0 bridgehead atoms. The summed E-state index contributed by atoms with van der Waals surface area (Å²) in [5.74, 6) is -0.858. The molecule has 45 heavy (non-hydrogen) atoms. The Labute approximate surface area is 266 Å². The molecule has 0 aromatic heterocycles. The van der Waals surface area contributed by atoms with Crippen LogP contribution in [0.3, 0.4) is 0 Å². The first-order valence-corrected chi connectivity index (χ1v) is 15.3. The van der Waals surface area contributed by atoms with E-state index in [0.29, 0.717) is 48.9 Å². The molecule has 2 aliphatic carbocycles. The molecule has 0 saturated carbocycles. The van der Waals surface area contributed by atoms with Gasteiger partial charge in [0.15, 0.2) is 23.1 Å². The summed E-state index contributed by atoms with van der Waals surface area (Å²) >= 11 is 6.83. The Morgan fingerprint density at radius 2 is 1.44 bits per heavy atom. The number of ketones is 2. The maximum absolute atomic E-state index is 14.0. The number of non-ortho nitro benzene ring substituents is 1. The van der Waals surface area contributed by atoms with Gasteiger partial charge in [0, 0.05) is 53.9 Å². The number of nitro benzene ring substituents is 2. The number of benzene rings is 2. The number of nitrogens with zero attached hydrogens (tertiary/aromatic N) is 3. The van der Waals surface area contributed by atoms with Crippen LogP contribution >= 0.6 is 11.6 Å². The third-order valence-corrected chi connectivity index (χ3v) is 8.85. The Morgan fingerprint density at radius 3 is 1.93 bits per heavy atom. The fraction of sp³-hybridized carbons (Fsp3) is 0.455. The number of allylic oxidation sites excluding steroid dienone is 4. The summed E-state index contributed by atoms with van der Waals surface area (Å²) in [4.78, 5) is 51.6. The highest BCUT2D eigenvalue weighted by atomic mass is 35.5. The van der Waals surface area contributed by atoms with Crippen molar-refractivity contribution in [3.8, 4) is 17.2 Å². The Hall–Kier alpha value is -4.25. The number of halogens is 1. The average Bonchev–Trinajstić information content (AvgIpc) is 2.92. The maximum Gasteiger partial charge on any atom is 0.318 e. The van der Waals surface area contributed by atoms with E-state index in [0.717, 1.165) is 29.6 Å². The first kappa shape index (κ1) is 32.2. The molecule has 0 unspecified atom stereocenters. The molecular formula is C33H36ClN3O8. The number of hydrogen-bond donors (Lipinski definition) is 0. The van der Waals surface area contributed by atoms with Crippen molar-refractivity contribution in [3.63, 3.8) is 0 Å². The molecule has 0 fully saturated rings. The second-order valence-electron chi connectivity index (χ2n) is 13.3. The van der Waals surface area contributed by atoms with Crippen LogP contribution in [0.2, 0.25) is 5.02 Å². The highest BCUT2D eigenvalue weighted by molar-refractivity contribution is 6.32. The van der Waals surface area contributed by atoms with E-state index in [4.69, 9.17) is 21.1 Å². The largest absolute Gasteiger partial charge is 0.490 e. The van der Waals surface area contributed by atoms with Gasteiger partial charge in [-0.05, 0) is 61.3 Å². The van der Waals surface area contributed by atoms with Crippen LogP contribution < -0.4 is 9.47 Å². The zero-order valence-electron chi connectivity index (χ0n) is 26.2. The topological polar surface area (TPSA) is 142 Å². The van der Waals surface area contributed by atoms with Crippen molar-refractivity contribution in [3.05, 3.63) is 83.7 Å². The fourth-order valence-electron chi connectivity index (χ4n) is 6.84. The molecular weight excluding hydrogens is 602 g/mol. The SMILES string of the molecule is CCOc1cc(C2C3=C(CC(C)(C)CC3=O)N(CC)C3=C2C(=O)CC(C)(C)C3)cc(Cl)c1Oc1ccc([N+](=O)[O-])cc1[N+](=O)[O-]. The number of carbonyl (C=O) groups is 2. The Bertz CT molecular complexity index is 1650. The molecule has 2 aromatic rings. The molecule has 5 rings (SSSR count). The summed E-state index contributed by atoms with van der Waals surface area (Å²) in [5, 5.41) is 23.0. The summed E-state index contributed by atoms with van der Waals surface area (Å²) in [6.45, 7) is 12.9. The van der Waals surface area contributed by atoms with Crippen LogP contribution in [0.1, 0.15) is 78.7 Å². The van der Waals surface area contributed by atoms with Gasteiger partial charge in [0.05, 0.1) is 27.5 Å². The van der Waals surface area contributed by atoms with Crippen molar-refractivity contribution in [1.29, 1.82) is 0 Å². The second kappa shape index (κ2) is 11.6. The van der Waals surface area contributed by atoms with Gasteiger partial charge in [-0.1, -0.05) is 39.3 Å². The summed E-state index contributed by atoms with van der Waals surface area (Å²) in [5.41, 5.74) is 1.99. The van der Waals surface area contributed by atoms with Gasteiger partial charge in [-0.2, -0.15) is 0 Å². The highest BCUT2D eigenvalue weighted by Gasteiger charge is 2.49. The van der Waals surface area contributed by atoms with Crippen LogP contribution in [0.25, 0.3) is 0 Å². The maximum atomic E-state index is 14.0. The number of nitro groups is 2. The van der Waals surface area contributed by atoms with Crippen molar-refractivity contribution in [2.45, 2.75) is 73.1 Å². The van der Waals surface area contributed by atoms with Gasteiger partial charge in [0.25, 0.3) is 5.69 Å². The third-order valence-electron chi connectivity index (χ3n) is 8.57. The number of hydrogen-bond acceptors (Lipinski definition) is 9. The lowest BCUT2D eigenvalue weighted by Crippen LogP contribution is -2.44. The second-order valence-corrected chi connectivity index (χ2v) is 13.7. The minimum Gasteiger partial charge on any atom is -0.490 e. The predicted octanol–water partition coefficient (Wildman–Crippen LogP) is 8.05. The van der Waals surface area contributed by atoms with Gasteiger partial charge in [-0.3, -0.25) is 29.8 Å². The fourth-order valence-corrected chi connectivity index (χ4v) is 7.10. The van der Waals surface area contributed by atoms with E-state index in [9.17, 15) is 29.8 Å². The molecule has 12 heteroatoms. The third kappa shape index (κ3) is 5.93. The number of Topliss-reactive ketones (excluding diaryl/α,β-unsaturated/α-hetero) is 2. The molecule has 2 aromatic carbocycles. The Balaban J connectivity index is 1.70. The zero-order chi connectivity index (χ0) is 33.0. The van der Waals surface area contributed by atoms with E-state index in [1.807, 2.05) is 6.92 Å². The van der Waals surface area contributed by atoms with E-state index in [2.05, 4.69) is 32.6 Å². The van der Waals surface area contributed by atoms with Gasteiger partial charge in [0.1, 0.15) is 0 Å². The van der Waals surface area contributed by atoms with Crippen molar-refractivity contribution in [1.82, 2.24) is 4.90 Å². The molecule has 11 nitrogen and oxygen atoms in total. The van der Waals surface area contributed by atoms with Gasteiger partial charge in [0.2, 0.25) is 5.75 Å². The lowest BCUT2D eigenvalue weighted by Gasteiger charge is -2.49. The minimum absolute atomic E-state index is 0.0233. The van der Waals surface area contributed by atoms with Crippen molar-refractivity contribution >= 4 is 34.5 Å². The lowest BCUT2D eigenvalue weighted by molar-refractivity contribution is -0.394. The first-order chi connectivity index (χ1) is 21.1. The lowest BCUT2D eigenvalue weighted by atomic mass is 9.63. The van der Waals surface area contributed by atoms with E-state index in [-0.39, 0.29) is 51.3 Å². The van der Waals surface area contributed by atoms with Crippen LogP contribution in [0, 0.1) is 31.1 Å². The van der Waals surface area contributed by atoms with Gasteiger partial charge >= 0.3 is 5.69 Å². The molecule has 3 aliphatic rings. The summed E-state index contributed by atoms with van der Waals surface area (Å²) in [6.07, 6.45) is 2.00. The summed E-state index contributed by atoms with van der Waals surface area (Å²) < 4.78 is 11.8. The van der Waals surface area contributed by atoms with Crippen molar-refractivity contribution in [2.24, 2.45) is 10.8 Å². The molecule has 0 spiro atoms. The van der Waals surface area contributed by atoms with Gasteiger partial charge in [-0.25, -0.2) is 0 Å². The van der Waals surface area contributed by atoms with Crippen molar-refractivity contribution in [2.75, 3.05) is 13.2 Å². The average molecular weight is 638 g/mol. The standard InChI is InChI=1S/C33H36ClN3O8/c1-7-35-22-14-32(3,4)16-24(38)29(22)28(30-23(35)15-33(5,6)17-25(30)39)18-11-20(34)31(27(12-18)44-8-2)45-26-10-9-19(36(40)41)13-21(26)37(42)43/h9-13,28H,7-8,14-17H2,1-6H3. The van der Waals surface area contributed by atoms with Crippen LogP contribution in [0.4, 0.5) is 11.4 Å². The minimum atomic E-state index is -0.777. The summed E-state index contributed by atoms with van der Waals surface area (Å²) in [6, 6.07) is 6.33. The van der Waals surface area contributed by atoms with Gasteiger partial charge in [-0.15, -0.1) is 0 Å². The van der Waals surface area contributed by atoms with Crippen LogP contribution in [0.5, 0.6) is 17.2 Å². The van der Waals surface area contributed by atoms with Crippen LogP contribution in [0.15, 0.2) is 52.9 Å². The smallest absolute Gasteiger partial charge is 0.318 e. The zero-order valence-corrected chi connectivity index (χ0v) is 26.9. The summed E-state index contributed by atoms with van der Waals surface area (Å²) in [7, 11) is 0. The first-order valence-electron chi connectivity index (χ1n) is 14.9. The van der Waals surface area contributed by atoms with E-state index in [1.54, 1.807) is 19.1 Å². The predicted molar refractivity (Wildman–Crippen MR) is 168 cm³/mol. The molecule has 0 radical (unpaired) electrons. The van der Waals surface area contributed by atoms with Crippen LogP contribution in [-0.4, -0.2) is 39.5 Å². The number of ether oxygens (including phenoxy) is 2. The molecule has 0 amide bonds. The molecule has 1 aliphatic heterocycles. The van der Waals surface area contributed by atoms with E-state index >= 15 is 0 Å². The monoisotopic (exact) mass is 637 g/mol. The number of carbonyl (C=O) groups excluding carboxylic acids is 2.